The fraction of sp³-hybridized carbons (Fsp3) is 0.545. The Morgan fingerprint density at radius 2 is 2.10 bits per heavy atom. The number of likely N-dealkylation sites (tertiary alicyclic amines) is 1. The lowest BCUT2D eigenvalue weighted by atomic mass is 10.1. The van der Waals surface area contributed by atoms with Crippen molar-refractivity contribution in [3.8, 4) is 17.1 Å². The zero-order valence-corrected chi connectivity index (χ0v) is 18.1. The molecule has 0 amide bonds. The molecular formula is C22H30N4O2S. The van der Waals surface area contributed by atoms with Gasteiger partial charge in [-0.15, -0.1) is 0 Å². The fourth-order valence-corrected chi connectivity index (χ4v) is 4.78. The summed E-state index contributed by atoms with van der Waals surface area (Å²) in [6.45, 7) is 9.78. The van der Waals surface area contributed by atoms with Gasteiger partial charge in [-0.05, 0) is 62.8 Å². The van der Waals surface area contributed by atoms with Gasteiger partial charge in [-0.3, -0.25) is 4.90 Å². The predicted molar refractivity (Wildman–Crippen MR) is 117 cm³/mol. The summed E-state index contributed by atoms with van der Waals surface area (Å²) in [5.74, 6) is 1.51. The monoisotopic (exact) mass is 414 g/mol. The first-order chi connectivity index (χ1) is 14.2. The van der Waals surface area contributed by atoms with Crippen LogP contribution in [0.3, 0.4) is 0 Å². The van der Waals surface area contributed by atoms with Gasteiger partial charge in [0.25, 0.3) is 0 Å². The van der Waals surface area contributed by atoms with E-state index < -0.39 is 0 Å². The molecule has 1 aliphatic rings. The Kier molecular flexibility index (Phi) is 6.47. The van der Waals surface area contributed by atoms with E-state index in [-0.39, 0.29) is 0 Å². The molecular weight excluding hydrogens is 384 g/mol. The molecule has 1 unspecified atom stereocenters. The van der Waals surface area contributed by atoms with Gasteiger partial charge < -0.3 is 14.4 Å². The number of nitrogens with zero attached hydrogens (tertiary/aromatic N) is 4. The van der Waals surface area contributed by atoms with Crippen molar-refractivity contribution in [2.75, 3.05) is 26.3 Å². The van der Waals surface area contributed by atoms with E-state index in [4.69, 9.17) is 9.72 Å². The standard InChI is InChI=1S/C22H30N4O2S/c1-3-28-12-9-16(2)13-26-14-18(17-7-6-8-19(27)21(17)26)22-23-20(29-24-22)15-25-10-4-5-11-25/h6-8,14,16,27H,3-5,9-13,15H2,1-2H3. The summed E-state index contributed by atoms with van der Waals surface area (Å²) in [4.78, 5) is 7.27. The Morgan fingerprint density at radius 3 is 2.90 bits per heavy atom. The maximum Gasteiger partial charge on any atom is 0.175 e. The summed E-state index contributed by atoms with van der Waals surface area (Å²) in [5.41, 5.74) is 1.86. The quantitative estimate of drug-likeness (QED) is 0.522. The van der Waals surface area contributed by atoms with E-state index in [1.165, 1.54) is 24.4 Å². The van der Waals surface area contributed by atoms with E-state index in [9.17, 15) is 5.11 Å². The summed E-state index contributed by atoms with van der Waals surface area (Å²) in [7, 11) is 0. The third kappa shape index (κ3) is 4.63. The number of fused-ring (bicyclic) bond motifs is 1. The maximum absolute atomic E-state index is 10.5. The van der Waals surface area contributed by atoms with E-state index >= 15 is 0 Å². The lowest BCUT2D eigenvalue weighted by Crippen LogP contribution is -2.18. The molecule has 6 nitrogen and oxygen atoms in total. The van der Waals surface area contributed by atoms with Gasteiger partial charge >= 0.3 is 0 Å². The van der Waals surface area contributed by atoms with Crippen molar-refractivity contribution in [1.82, 2.24) is 18.8 Å². The van der Waals surface area contributed by atoms with Crippen LogP contribution in [0.25, 0.3) is 22.3 Å². The van der Waals surface area contributed by atoms with Crippen LogP contribution < -0.4 is 0 Å². The highest BCUT2D eigenvalue weighted by Crippen LogP contribution is 2.35. The van der Waals surface area contributed by atoms with Gasteiger partial charge in [0, 0.05) is 36.9 Å². The van der Waals surface area contributed by atoms with Crippen LogP contribution in [0, 0.1) is 5.92 Å². The van der Waals surface area contributed by atoms with Crippen molar-refractivity contribution >= 4 is 22.4 Å². The number of benzene rings is 1. The van der Waals surface area contributed by atoms with Crippen molar-refractivity contribution in [3.63, 3.8) is 0 Å². The molecule has 3 aromatic rings. The van der Waals surface area contributed by atoms with Crippen molar-refractivity contribution in [2.45, 2.75) is 46.2 Å². The summed E-state index contributed by atoms with van der Waals surface area (Å²) in [6.07, 6.45) is 5.65. The number of hydrogen-bond donors (Lipinski definition) is 1. The zero-order valence-electron chi connectivity index (χ0n) is 17.3. The van der Waals surface area contributed by atoms with E-state index in [1.54, 1.807) is 6.07 Å². The second-order valence-corrected chi connectivity index (χ2v) is 8.79. The Balaban J connectivity index is 1.59. The Hall–Kier alpha value is -1.96. The van der Waals surface area contributed by atoms with E-state index in [1.807, 2.05) is 19.1 Å². The first kappa shape index (κ1) is 20.3. The van der Waals surface area contributed by atoms with Gasteiger partial charge in [0.1, 0.15) is 10.8 Å². The molecule has 1 saturated heterocycles. The summed E-state index contributed by atoms with van der Waals surface area (Å²) in [5, 5.41) is 12.6. The number of hydrogen-bond acceptors (Lipinski definition) is 6. The van der Waals surface area contributed by atoms with Crippen molar-refractivity contribution in [2.24, 2.45) is 5.92 Å². The molecule has 4 rings (SSSR count). The Morgan fingerprint density at radius 1 is 1.28 bits per heavy atom. The largest absolute Gasteiger partial charge is 0.506 e. The highest BCUT2D eigenvalue weighted by molar-refractivity contribution is 7.05. The van der Waals surface area contributed by atoms with Crippen LogP contribution >= 0.6 is 11.5 Å². The zero-order chi connectivity index (χ0) is 20.2. The van der Waals surface area contributed by atoms with Crippen molar-refractivity contribution in [3.05, 3.63) is 29.4 Å². The Bertz CT molecular complexity index is 946. The minimum absolute atomic E-state index is 0.304. The fourth-order valence-electron chi connectivity index (χ4n) is 4.08. The van der Waals surface area contributed by atoms with E-state index in [2.05, 4.69) is 27.0 Å². The average Bonchev–Trinajstić information content (AvgIpc) is 3.44. The predicted octanol–water partition coefficient (Wildman–Crippen LogP) is 4.52. The topological polar surface area (TPSA) is 63.4 Å². The Labute approximate surface area is 176 Å². The average molecular weight is 415 g/mol. The van der Waals surface area contributed by atoms with Crippen LogP contribution in [-0.2, 0) is 17.8 Å². The SMILES string of the molecule is CCOCCC(C)Cn1cc(-c2nsc(CN3CCCC3)n2)c2cccc(O)c21. The van der Waals surface area contributed by atoms with Crippen molar-refractivity contribution < 1.29 is 9.84 Å². The summed E-state index contributed by atoms with van der Waals surface area (Å²) in [6, 6.07) is 5.69. The number of para-hydroxylation sites is 1. The van der Waals surface area contributed by atoms with E-state index in [0.717, 1.165) is 73.1 Å². The third-order valence-electron chi connectivity index (χ3n) is 5.61. The summed E-state index contributed by atoms with van der Waals surface area (Å²) >= 11 is 1.49. The number of aromatic nitrogens is 3. The molecule has 0 aliphatic carbocycles. The van der Waals surface area contributed by atoms with Crippen LogP contribution in [0.4, 0.5) is 0 Å². The molecule has 7 heteroatoms. The molecule has 3 heterocycles. The first-order valence-corrected chi connectivity index (χ1v) is 11.4. The number of rotatable bonds is 9. The van der Waals surface area contributed by atoms with Crippen molar-refractivity contribution in [1.29, 1.82) is 0 Å². The molecule has 29 heavy (non-hydrogen) atoms. The third-order valence-corrected chi connectivity index (χ3v) is 6.31. The van der Waals surface area contributed by atoms with Crippen LogP contribution in [0.2, 0.25) is 0 Å². The maximum atomic E-state index is 10.5. The highest BCUT2D eigenvalue weighted by Gasteiger charge is 2.19. The number of ether oxygens (including phenoxy) is 1. The number of phenolic OH excluding ortho intramolecular Hbond substituents is 1. The molecule has 1 atom stereocenters. The number of phenols is 1. The second-order valence-electron chi connectivity index (χ2n) is 7.95. The van der Waals surface area contributed by atoms with Gasteiger partial charge in [0.15, 0.2) is 5.82 Å². The van der Waals surface area contributed by atoms with Crippen LogP contribution in [0.5, 0.6) is 5.75 Å². The van der Waals surface area contributed by atoms with Crippen LogP contribution in [0.15, 0.2) is 24.4 Å². The molecule has 0 spiro atoms. The normalized spacial score (nSPS) is 16.1. The molecule has 2 aromatic heterocycles. The minimum atomic E-state index is 0.304. The van der Waals surface area contributed by atoms with Crippen LogP contribution in [-0.4, -0.2) is 50.2 Å². The first-order valence-electron chi connectivity index (χ1n) is 10.6. The van der Waals surface area contributed by atoms with Gasteiger partial charge in [0.05, 0.1) is 12.1 Å². The smallest absolute Gasteiger partial charge is 0.175 e. The highest BCUT2D eigenvalue weighted by atomic mass is 32.1. The molecule has 1 aliphatic heterocycles. The molecule has 0 saturated carbocycles. The van der Waals surface area contributed by atoms with Crippen LogP contribution in [0.1, 0.15) is 38.1 Å². The molecule has 156 valence electrons. The molecule has 1 N–H and O–H groups in total. The molecule has 1 fully saturated rings. The molecule has 0 radical (unpaired) electrons. The molecule has 0 bridgehead atoms. The van der Waals surface area contributed by atoms with Gasteiger partial charge in [-0.2, -0.15) is 4.37 Å². The van der Waals surface area contributed by atoms with Gasteiger partial charge in [-0.1, -0.05) is 19.1 Å². The summed E-state index contributed by atoms with van der Waals surface area (Å²) < 4.78 is 12.3. The van der Waals surface area contributed by atoms with Gasteiger partial charge in [0.2, 0.25) is 0 Å². The van der Waals surface area contributed by atoms with Gasteiger partial charge in [-0.25, -0.2) is 4.98 Å². The van der Waals surface area contributed by atoms with E-state index in [0.29, 0.717) is 11.7 Å². The minimum Gasteiger partial charge on any atom is -0.506 e. The second kappa shape index (κ2) is 9.24. The lowest BCUT2D eigenvalue weighted by Gasteiger charge is -2.13. The lowest BCUT2D eigenvalue weighted by molar-refractivity contribution is 0.132. The number of aromatic hydroxyl groups is 1. The molecule has 1 aromatic carbocycles.